The summed E-state index contributed by atoms with van der Waals surface area (Å²) in [7, 11) is 1.60. The third kappa shape index (κ3) is 4.97. The first-order valence-electron chi connectivity index (χ1n) is 7.60. The Hall–Kier alpha value is -2.05. The van der Waals surface area contributed by atoms with E-state index in [4.69, 9.17) is 14.2 Å². The Bertz CT molecular complexity index is 690. The lowest BCUT2D eigenvalue weighted by Crippen LogP contribution is -2.15. The summed E-state index contributed by atoms with van der Waals surface area (Å²) >= 11 is 3.39. The molecule has 5 nitrogen and oxygen atoms in total. The van der Waals surface area contributed by atoms with Gasteiger partial charge in [-0.2, -0.15) is 0 Å². The van der Waals surface area contributed by atoms with Crippen molar-refractivity contribution in [1.29, 1.82) is 0 Å². The first kappa shape index (κ1) is 18.3. The first-order valence-corrected chi connectivity index (χ1v) is 8.39. The lowest BCUT2D eigenvalue weighted by molar-refractivity contribution is 0.101. The van der Waals surface area contributed by atoms with Crippen molar-refractivity contribution in [3.8, 4) is 11.5 Å². The quantitative estimate of drug-likeness (QED) is 0.685. The van der Waals surface area contributed by atoms with Gasteiger partial charge in [0.15, 0.2) is 0 Å². The fourth-order valence-electron chi connectivity index (χ4n) is 2.08. The van der Waals surface area contributed by atoms with Gasteiger partial charge in [-0.15, -0.1) is 0 Å². The Kier molecular flexibility index (Phi) is 7.08. The minimum atomic E-state index is -0.268. The van der Waals surface area contributed by atoms with Gasteiger partial charge in [0, 0.05) is 11.6 Å². The van der Waals surface area contributed by atoms with Crippen molar-refractivity contribution in [2.45, 2.75) is 6.92 Å². The second-order valence-corrected chi connectivity index (χ2v) is 5.78. The number of rotatable bonds is 8. The topological polar surface area (TPSA) is 56.8 Å². The van der Waals surface area contributed by atoms with E-state index in [1.165, 1.54) is 0 Å². The fraction of sp³-hybridized carbons (Fsp3) is 0.278. The Morgan fingerprint density at radius 3 is 2.62 bits per heavy atom. The summed E-state index contributed by atoms with van der Waals surface area (Å²) in [6.07, 6.45) is 0. The molecule has 0 spiro atoms. The molecule has 1 N–H and O–H groups in total. The van der Waals surface area contributed by atoms with Crippen LogP contribution < -0.4 is 14.8 Å². The van der Waals surface area contributed by atoms with Crippen molar-refractivity contribution in [1.82, 2.24) is 0 Å². The molecule has 0 radical (unpaired) electrons. The number of carbonyl (C=O) groups excluding carboxylic acids is 1. The van der Waals surface area contributed by atoms with Crippen LogP contribution in [0.15, 0.2) is 46.9 Å². The van der Waals surface area contributed by atoms with Crippen molar-refractivity contribution < 1.29 is 19.0 Å². The molecule has 0 saturated heterocycles. The lowest BCUT2D eigenvalue weighted by Gasteiger charge is -2.14. The highest BCUT2D eigenvalue weighted by Gasteiger charge is 2.15. The highest BCUT2D eigenvalue weighted by Crippen LogP contribution is 2.27. The highest BCUT2D eigenvalue weighted by atomic mass is 79.9. The summed E-state index contributed by atoms with van der Waals surface area (Å²) in [5.41, 5.74) is 1.05. The number of methoxy groups -OCH3 is 1. The molecule has 2 aromatic rings. The van der Waals surface area contributed by atoms with Crippen LogP contribution in [0.25, 0.3) is 0 Å². The molecule has 2 rings (SSSR count). The van der Waals surface area contributed by atoms with Crippen molar-refractivity contribution in [3.05, 3.63) is 52.5 Å². The molecule has 0 aromatic heterocycles. The summed E-state index contributed by atoms with van der Waals surface area (Å²) in [6.45, 7) is 3.24. The average molecular weight is 394 g/mol. The van der Waals surface area contributed by atoms with E-state index in [-0.39, 0.29) is 5.91 Å². The van der Waals surface area contributed by atoms with Gasteiger partial charge >= 0.3 is 0 Å². The highest BCUT2D eigenvalue weighted by molar-refractivity contribution is 9.10. The summed E-state index contributed by atoms with van der Waals surface area (Å²) in [4.78, 5) is 12.7. The Morgan fingerprint density at radius 2 is 1.88 bits per heavy atom. The van der Waals surface area contributed by atoms with E-state index in [1.54, 1.807) is 25.3 Å². The van der Waals surface area contributed by atoms with Gasteiger partial charge in [-0.3, -0.25) is 4.79 Å². The predicted molar refractivity (Wildman–Crippen MR) is 97.1 cm³/mol. The van der Waals surface area contributed by atoms with Crippen LogP contribution in [-0.2, 0) is 4.74 Å². The van der Waals surface area contributed by atoms with Crippen molar-refractivity contribution >= 4 is 27.5 Å². The van der Waals surface area contributed by atoms with Crippen LogP contribution in [0.2, 0.25) is 0 Å². The van der Waals surface area contributed by atoms with Crippen LogP contribution >= 0.6 is 15.9 Å². The zero-order chi connectivity index (χ0) is 17.4. The van der Waals surface area contributed by atoms with Gasteiger partial charge in [0.1, 0.15) is 18.1 Å². The number of anilines is 1. The summed E-state index contributed by atoms with van der Waals surface area (Å²) in [6, 6.07) is 12.6. The third-order valence-corrected chi connectivity index (χ3v) is 3.66. The van der Waals surface area contributed by atoms with Gasteiger partial charge in [-0.05, 0) is 37.3 Å². The van der Waals surface area contributed by atoms with Gasteiger partial charge in [0.2, 0.25) is 0 Å². The average Bonchev–Trinajstić information content (AvgIpc) is 2.58. The SMILES string of the molecule is CCOc1ccccc1NC(=O)c1cc(Br)ccc1OCCOC. The van der Waals surface area contributed by atoms with E-state index in [0.29, 0.717) is 42.6 Å². The number of para-hydroxylation sites is 2. The van der Waals surface area contributed by atoms with Crippen LogP contribution in [0, 0.1) is 0 Å². The molecule has 2 aromatic carbocycles. The number of nitrogens with one attached hydrogen (secondary N) is 1. The molecule has 0 bridgehead atoms. The van der Waals surface area contributed by atoms with Crippen LogP contribution in [0.1, 0.15) is 17.3 Å². The Balaban J connectivity index is 2.21. The van der Waals surface area contributed by atoms with Crippen molar-refractivity contribution in [2.24, 2.45) is 0 Å². The molecule has 1 amide bonds. The molecule has 0 aliphatic carbocycles. The summed E-state index contributed by atoms with van der Waals surface area (Å²) in [5, 5.41) is 2.87. The Labute approximate surface area is 150 Å². The molecule has 6 heteroatoms. The number of hydrogen-bond acceptors (Lipinski definition) is 4. The van der Waals surface area contributed by atoms with E-state index in [2.05, 4.69) is 21.2 Å². The minimum Gasteiger partial charge on any atom is -0.492 e. The number of benzene rings is 2. The molecular formula is C18H20BrNO4. The van der Waals surface area contributed by atoms with Gasteiger partial charge in [0.25, 0.3) is 5.91 Å². The normalized spacial score (nSPS) is 10.3. The molecule has 0 aliphatic rings. The van der Waals surface area contributed by atoms with Crippen LogP contribution in [0.3, 0.4) is 0 Å². The number of carbonyl (C=O) groups is 1. The maximum Gasteiger partial charge on any atom is 0.259 e. The zero-order valence-corrected chi connectivity index (χ0v) is 15.3. The third-order valence-electron chi connectivity index (χ3n) is 3.17. The molecule has 0 heterocycles. The number of amides is 1. The van der Waals surface area contributed by atoms with E-state index in [9.17, 15) is 4.79 Å². The zero-order valence-electron chi connectivity index (χ0n) is 13.7. The van der Waals surface area contributed by atoms with Gasteiger partial charge in [-0.25, -0.2) is 0 Å². The summed E-state index contributed by atoms with van der Waals surface area (Å²) in [5.74, 6) is 0.864. The van der Waals surface area contributed by atoms with E-state index in [1.807, 2.05) is 31.2 Å². The number of hydrogen-bond donors (Lipinski definition) is 1. The second kappa shape index (κ2) is 9.30. The predicted octanol–water partition coefficient (Wildman–Crippen LogP) is 4.13. The minimum absolute atomic E-state index is 0.268. The molecular weight excluding hydrogens is 374 g/mol. The maximum absolute atomic E-state index is 12.7. The van der Waals surface area contributed by atoms with Crippen molar-refractivity contribution in [2.75, 3.05) is 32.2 Å². The molecule has 0 fully saturated rings. The monoisotopic (exact) mass is 393 g/mol. The molecule has 128 valence electrons. The largest absolute Gasteiger partial charge is 0.492 e. The molecule has 0 unspecified atom stereocenters. The maximum atomic E-state index is 12.7. The standard InChI is InChI=1S/C18H20BrNO4/c1-3-23-17-7-5-4-6-15(17)20-18(21)14-12-13(19)8-9-16(14)24-11-10-22-2/h4-9,12H,3,10-11H2,1-2H3,(H,20,21). The van der Waals surface area contributed by atoms with Crippen molar-refractivity contribution in [3.63, 3.8) is 0 Å². The molecule has 24 heavy (non-hydrogen) atoms. The fourth-order valence-corrected chi connectivity index (χ4v) is 2.44. The van der Waals surface area contributed by atoms with Crippen LogP contribution in [0.4, 0.5) is 5.69 Å². The van der Waals surface area contributed by atoms with Crippen LogP contribution in [-0.4, -0.2) is 32.8 Å². The lowest BCUT2D eigenvalue weighted by atomic mass is 10.1. The second-order valence-electron chi connectivity index (χ2n) is 4.87. The smallest absolute Gasteiger partial charge is 0.259 e. The Morgan fingerprint density at radius 1 is 1.08 bits per heavy atom. The summed E-state index contributed by atoms with van der Waals surface area (Å²) < 4.78 is 16.9. The van der Waals surface area contributed by atoms with Crippen LogP contribution in [0.5, 0.6) is 11.5 Å². The molecule has 0 aliphatic heterocycles. The number of ether oxygens (including phenoxy) is 3. The van der Waals surface area contributed by atoms with Gasteiger partial charge < -0.3 is 19.5 Å². The van der Waals surface area contributed by atoms with E-state index >= 15 is 0 Å². The first-order chi connectivity index (χ1) is 11.7. The number of halogens is 1. The van der Waals surface area contributed by atoms with Gasteiger partial charge in [0.05, 0.1) is 24.5 Å². The van der Waals surface area contributed by atoms with E-state index < -0.39 is 0 Å². The van der Waals surface area contributed by atoms with Gasteiger partial charge in [-0.1, -0.05) is 28.1 Å². The van der Waals surface area contributed by atoms with E-state index in [0.717, 1.165) is 4.47 Å². The molecule has 0 atom stereocenters. The molecule has 0 saturated carbocycles.